The van der Waals surface area contributed by atoms with Gasteiger partial charge in [-0.15, -0.1) is 0 Å². The number of hydrogen-bond acceptors (Lipinski definition) is 7. The van der Waals surface area contributed by atoms with E-state index in [1.54, 1.807) is 39.7 Å². The first-order chi connectivity index (χ1) is 15.5. The van der Waals surface area contributed by atoms with E-state index >= 15 is 0 Å². The van der Waals surface area contributed by atoms with Gasteiger partial charge in [-0.1, -0.05) is 12.1 Å². The standard InChI is InChI=1S/C24H28FNO6/c1-28-22-11-17(12-23(29-2)24(22)30-3)13-26(15-19-7-6-10-31-19)14-18(27)16-32-21-9-5-4-8-20(21)25/h4-12,18,27H,13-16H2,1-3H3. The van der Waals surface area contributed by atoms with E-state index in [-0.39, 0.29) is 18.9 Å². The lowest BCUT2D eigenvalue weighted by molar-refractivity contribution is 0.0591. The van der Waals surface area contributed by atoms with Crippen LogP contribution in [0.25, 0.3) is 0 Å². The summed E-state index contributed by atoms with van der Waals surface area (Å²) in [6.07, 6.45) is 0.747. The highest BCUT2D eigenvalue weighted by Crippen LogP contribution is 2.38. The van der Waals surface area contributed by atoms with E-state index in [0.29, 0.717) is 30.3 Å². The molecule has 1 heterocycles. The number of rotatable bonds is 12. The molecular weight excluding hydrogens is 417 g/mol. The number of ether oxygens (including phenoxy) is 4. The Kier molecular flexibility index (Phi) is 8.35. The van der Waals surface area contributed by atoms with Crippen molar-refractivity contribution in [2.24, 2.45) is 0 Å². The van der Waals surface area contributed by atoms with Crippen LogP contribution in [-0.2, 0) is 13.1 Å². The number of aliphatic hydroxyl groups excluding tert-OH is 1. The van der Waals surface area contributed by atoms with Crippen molar-refractivity contribution in [3.63, 3.8) is 0 Å². The van der Waals surface area contributed by atoms with Crippen molar-refractivity contribution < 1.29 is 32.9 Å². The summed E-state index contributed by atoms with van der Waals surface area (Å²) in [6.45, 7) is 1.14. The van der Waals surface area contributed by atoms with E-state index in [1.807, 2.05) is 29.2 Å². The van der Waals surface area contributed by atoms with Gasteiger partial charge >= 0.3 is 0 Å². The molecule has 0 saturated heterocycles. The number of nitrogens with zero attached hydrogens (tertiary/aromatic N) is 1. The highest BCUT2D eigenvalue weighted by Gasteiger charge is 2.19. The predicted molar refractivity (Wildman–Crippen MR) is 117 cm³/mol. The molecule has 172 valence electrons. The van der Waals surface area contributed by atoms with Gasteiger partial charge in [0.2, 0.25) is 5.75 Å². The van der Waals surface area contributed by atoms with Gasteiger partial charge in [0.25, 0.3) is 0 Å². The summed E-state index contributed by atoms with van der Waals surface area (Å²) in [5.41, 5.74) is 0.897. The van der Waals surface area contributed by atoms with Crippen LogP contribution in [0, 0.1) is 5.82 Å². The first-order valence-electron chi connectivity index (χ1n) is 10.1. The van der Waals surface area contributed by atoms with Gasteiger partial charge in [-0.05, 0) is 42.0 Å². The molecule has 1 unspecified atom stereocenters. The molecule has 3 aromatic rings. The van der Waals surface area contributed by atoms with Crippen molar-refractivity contribution in [3.8, 4) is 23.0 Å². The summed E-state index contributed by atoms with van der Waals surface area (Å²) in [5.74, 6) is 1.99. The summed E-state index contributed by atoms with van der Waals surface area (Å²) in [4.78, 5) is 1.99. The van der Waals surface area contributed by atoms with Gasteiger partial charge in [-0.25, -0.2) is 4.39 Å². The molecule has 7 nitrogen and oxygen atoms in total. The SMILES string of the molecule is COc1cc(CN(Cc2ccco2)CC(O)COc2ccccc2F)cc(OC)c1OC. The molecule has 0 amide bonds. The van der Waals surface area contributed by atoms with Crippen molar-refractivity contribution in [1.82, 2.24) is 4.90 Å². The van der Waals surface area contributed by atoms with Gasteiger partial charge in [-0.2, -0.15) is 0 Å². The second-order valence-electron chi connectivity index (χ2n) is 7.18. The molecule has 8 heteroatoms. The first-order valence-corrected chi connectivity index (χ1v) is 10.1. The molecule has 0 aliphatic rings. The fourth-order valence-corrected chi connectivity index (χ4v) is 3.39. The largest absolute Gasteiger partial charge is 0.493 e. The normalized spacial score (nSPS) is 11.9. The molecule has 0 aliphatic heterocycles. The van der Waals surface area contributed by atoms with Crippen LogP contribution in [0.3, 0.4) is 0 Å². The number of halogens is 1. The molecular formula is C24H28FNO6. The van der Waals surface area contributed by atoms with Crippen LogP contribution in [0.5, 0.6) is 23.0 Å². The molecule has 0 radical (unpaired) electrons. The molecule has 0 aliphatic carbocycles. The van der Waals surface area contributed by atoms with E-state index in [9.17, 15) is 9.50 Å². The minimum Gasteiger partial charge on any atom is -0.493 e. The van der Waals surface area contributed by atoms with Crippen LogP contribution in [0.1, 0.15) is 11.3 Å². The molecule has 0 bridgehead atoms. The maximum absolute atomic E-state index is 13.8. The minimum absolute atomic E-state index is 0.0508. The number of methoxy groups -OCH3 is 3. The average Bonchev–Trinajstić information content (AvgIpc) is 3.30. The van der Waals surface area contributed by atoms with E-state index < -0.39 is 11.9 Å². The molecule has 0 spiro atoms. The fraction of sp³-hybridized carbons (Fsp3) is 0.333. The molecule has 0 saturated carbocycles. The highest BCUT2D eigenvalue weighted by molar-refractivity contribution is 5.53. The zero-order valence-electron chi connectivity index (χ0n) is 18.4. The topological polar surface area (TPSA) is 73.5 Å². The number of aliphatic hydroxyl groups is 1. The zero-order chi connectivity index (χ0) is 22.9. The first kappa shape index (κ1) is 23.4. The predicted octanol–water partition coefficient (Wildman–Crippen LogP) is 3.89. The smallest absolute Gasteiger partial charge is 0.203 e. The van der Waals surface area contributed by atoms with Gasteiger partial charge < -0.3 is 28.5 Å². The molecule has 1 aromatic heterocycles. The van der Waals surface area contributed by atoms with Crippen LogP contribution in [0.15, 0.2) is 59.2 Å². The Morgan fingerprint density at radius 2 is 1.66 bits per heavy atom. The zero-order valence-corrected chi connectivity index (χ0v) is 18.4. The Balaban J connectivity index is 1.73. The Bertz CT molecular complexity index is 953. The number of para-hydroxylation sites is 1. The second-order valence-corrected chi connectivity index (χ2v) is 7.18. The van der Waals surface area contributed by atoms with Crippen molar-refractivity contribution in [1.29, 1.82) is 0 Å². The maximum Gasteiger partial charge on any atom is 0.203 e. The lowest BCUT2D eigenvalue weighted by Crippen LogP contribution is -2.35. The molecule has 0 fully saturated rings. The van der Waals surface area contributed by atoms with Crippen LogP contribution >= 0.6 is 0 Å². The third kappa shape index (κ3) is 6.15. The highest BCUT2D eigenvalue weighted by atomic mass is 19.1. The van der Waals surface area contributed by atoms with Crippen LogP contribution in [0.4, 0.5) is 4.39 Å². The van der Waals surface area contributed by atoms with E-state index in [0.717, 1.165) is 11.3 Å². The Morgan fingerprint density at radius 3 is 2.25 bits per heavy atom. The van der Waals surface area contributed by atoms with Crippen LogP contribution in [-0.4, -0.2) is 50.6 Å². The van der Waals surface area contributed by atoms with Crippen molar-refractivity contribution in [3.05, 3.63) is 71.9 Å². The summed E-state index contributed by atoms with van der Waals surface area (Å²) in [5, 5.41) is 10.6. The van der Waals surface area contributed by atoms with Gasteiger partial charge in [-0.3, -0.25) is 4.90 Å². The van der Waals surface area contributed by atoms with E-state index in [4.69, 9.17) is 23.4 Å². The monoisotopic (exact) mass is 445 g/mol. The van der Waals surface area contributed by atoms with Gasteiger partial charge in [0.05, 0.1) is 34.1 Å². The number of furan rings is 1. The van der Waals surface area contributed by atoms with Crippen molar-refractivity contribution in [2.45, 2.75) is 19.2 Å². The summed E-state index contributed by atoms with van der Waals surface area (Å²) in [6, 6.07) is 13.5. The quantitative estimate of drug-likeness (QED) is 0.453. The molecule has 3 rings (SSSR count). The lowest BCUT2D eigenvalue weighted by atomic mass is 10.1. The van der Waals surface area contributed by atoms with Gasteiger partial charge in [0.15, 0.2) is 23.1 Å². The third-order valence-electron chi connectivity index (χ3n) is 4.83. The summed E-state index contributed by atoms with van der Waals surface area (Å²) >= 11 is 0. The molecule has 1 atom stereocenters. The van der Waals surface area contributed by atoms with Crippen molar-refractivity contribution in [2.75, 3.05) is 34.5 Å². The van der Waals surface area contributed by atoms with Gasteiger partial charge in [0, 0.05) is 13.1 Å². The van der Waals surface area contributed by atoms with Crippen LogP contribution < -0.4 is 18.9 Å². The average molecular weight is 445 g/mol. The Hall–Kier alpha value is -3.23. The molecule has 32 heavy (non-hydrogen) atoms. The Labute approximate surface area is 186 Å². The maximum atomic E-state index is 13.8. The van der Waals surface area contributed by atoms with Gasteiger partial charge in [0.1, 0.15) is 18.5 Å². The molecule has 1 N–H and O–H groups in total. The fourth-order valence-electron chi connectivity index (χ4n) is 3.39. The second kappa shape index (κ2) is 11.4. The summed E-state index contributed by atoms with van der Waals surface area (Å²) in [7, 11) is 4.67. The van der Waals surface area contributed by atoms with Crippen molar-refractivity contribution >= 4 is 0 Å². The number of benzene rings is 2. The van der Waals surface area contributed by atoms with E-state index in [1.165, 1.54) is 12.1 Å². The van der Waals surface area contributed by atoms with Crippen LogP contribution in [0.2, 0.25) is 0 Å². The third-order valence-corrected chi connectivity index (χ3v) is 4.83. The Morgan fingerprint density at radius 1 is 0.938 bits per heavy atom. The summed E-state index contributed by atoms with van der Waals surface area (Å²) < 4.78 is 41.0. The lowest BCUT2D eigenvalue weighted by Gasteiger charge is -2.25. The van der Waals surface area contributed by atoms with E-state index in [2.05, 4.69) is 0 Å². The number of hydrogen-bond donors (Lipinski definition) is 1. The molecule has 2 aromatic carbocycles. The minimum atomic E-state index is -0.855.